The van der Waals surface area contributed by atoms with Gasteiger partial charge in [-0.05, 0) is 80.0 Å². The number of nitrogens with one attached hydrogen (secondary N) is 2. The van der Waals surface area contributed by atoms with Crippen LogP contribution in [0, 0.1) is 11.8 Å². The Labute approximate surface area is 192 Å². The van der Waals surface area contributed by atoms with Crippen LogP contribution < -0.4 is 10.6 Å². The van der Waals surface area contributed by atoms with Crippen molar-refractivity contribution < 1.29 is 28.8 Å². The van der Waals surface area contributed by atoms with Crippen LogP contribution in [0.2, 0.25) is 6.32 Å². The predicted molar refractivity (Wildman–Crippen MR) is 123 cm³/mol. The van der Waals surface area contributed by atoms with Crippen LogP contribution >= 0.6 is 0 Å². The lowest BCUT2D eigenvalue weighted by Gasteiger charge is -2.46. The molecule has 182 valence electrons. The SMILES string of the molecule is CC(=O)N[C@]1(C(=O)NC(C)(C)C)C[C@H](CCB2OC(C)(C)C(C)(C)O2)CC[C@@H]1CC(=O)O. The lowest BCUT2D eigenvalue weighted by Crippen LogP contribution is -2.67. The van der Waals surface area contributed by atoms with Crippen LogP contribution in [0.1, 0.15) is 87.5 Å². The Morgan fingerprint density at radius 1 is 1.06 bits per heavy atom. The number of carboxylic acid groups (broad SMARTS) is 1. The molecule has 0 aromatic carbocycles. The van der Waals surface area contributed by atoms with Gasteiger partial charge in [0.1, 0.15) is 5.54 Å². The molecular formula is C23H41BN2O6. The van der Waals surface area contributed by atoms with E-state index in [9.17, 15) is 19.5 Å². The van der Waals surface area contributed by atoms with Gasteiger partial charge in [0.15, 0.2) is 0 Å². The molecule has 1 aliphatic heterocycles. The Morgan fingerprint density at radius 3 is 2.09 bits per heavy atom. The molecule has 2 fully saturated rings. The molecule has 0 spiro atoms. The van der Waals surface area contributed by atoms with Crippen molar-refractivity contribution in [2.45, 2.75) is 116 Å². The quantitative estimate of drug-likeness (QED) is 0.512. The van der Waals surface area contributed by atoms with Gasteiger partial charge >= 0.3 is 13.1 Å². The first-order valence-electron chi connectivity index (χ1n) is 11.7. The molecule has 3 N–H and O–H groups in total. The summed E-state index contributed by atoms with van der Waals surface area (Å²) in [5.41, 5.74) is -2.56. The van der Waals surface area contributed by atoms with Crippen molar-refractivity contribution in [1.29, 1.82) is 0 Å². The lowest BCUT2D eigenvalue weighted by atomic mass is 9.64. The van der Waals surface area contributed by atoms with E-state index in [1.54, 1.807) is 0 Å². The first-order chi connectivity index (χ1) is 14.5. The Bertz CT molecular complexity index is 716. The highest BCUT2D eigenvalue weighted by molar-refractivity contribution is 6.45. The molecular weight excluding hydrogens is 411 g/mol. The van der Waals surface area contributed by atoms with E-state index in [2.05, 4.69) is 10.6 Å². The van der Waals surface area contributed by atoms with Crippen molar-refractivity contribution >= 4 is 24.9 Å². The second-order valence-electron chi connectivity index (χ2n) is 11.6. The minimum atomic E-state index is -1.25. The minimum Gasteiger partial charge on any atom is -0.481 e. The van der Waals surface area contributed by atoms with Crippen LogP contribution in [0.25, 0.3) is 0 Å². The van der Waals surface area contributed by atoms with Gasteiger partial charge in [0, 0.05) is 18.4 Å². The summed E-state index contributed by atoms with van der Waals surface area (Å²) < 4.78 is 12.2. The van der Waals surface area contributed by atoms with E-state index in [4.69, 9.17) is 9.31 Å². The van der Waals surface area contributed by atoms with Gasteiger partial charge < -0.3 is 25.0 Å². The van der Waals surface area contributed by atoms with Gasteiger partial charge in [-0.2, -0.15) is 0 Å². The lowest BCUT2D eigenvalue weighted by molar-refractivity contribution is -0.145. The van der Waals surface area contributed by atoms with Crippen molar-refractivity contribution in [3.05, 3.63) is 0 Å². The third kappa shape index (κ3) is 6.25. The highest BCUT2D eigenvalue weighted by Crippen LogP contribution is 2.43. The van der Waals surface area contributed by atoms with Crippen LogP contribution in [0.3, 0.4) is 0 Å². The number of hydrogen-bond donors (Lipinski definition) is 3. The molecule has 0 bridgehead atoms. The third-order valence-electron chi connectivity index (χ3n) is 7.06. The molecule has 1 saturated heterocycles. The number of amides is 2. The average Bonchev–Trinajstić information content (AvgIpc) is 2.79. The summed E-state index contributed by atoms with van der Waals surface area (Å²) in [4.78, 5) is 37.2. The van der Waals surface area contributed by atoms with Crippen molar-refractivity contribution in [2.24, 2.45) is 11.8 Å². The molecule has 2 rings (SSSR count). The Kier molecular flexibility index (Phi) is 7.77. The Morgan fingerprint density at radius 2 is 1.62 bits per heavy atom. The van der Waals surface area contributed by atoms with Gasteiger partial charge in [-0.15, -0.1) is 0 Å². The molecule has 1 saturated carbocycles. The van der Waals surface area contributed by atoms with E-state index in [1.807, 2.05) is 48.5 Å². The maximum absolute atomic E-state index is 13.5. The second kappa shape index (κ2) is 9.33. The molecule has 9 heteroatoms. The van der Waals surface area contributed by atoms with E-state index in [0.29, 0.717) is 19.2 Å². The number of hydrogen-bond acceptors (Lipinski definition) is 5. The monoisotopic (exact) mass is 452 g/mol. The van der Waals surface area contributed by atoms with Crippen molar-refractivity contribution in [1.82, 2.24) is 10.6 Å². The summed E-state index contributed by atoms with van der Waals surface area (Å²) in [5.74, 6) is -1.96. The van der Waals surface area contributed by atoms with Crippen LogP contribution in [0.4, 0.5) is 0 Å². The number of carboxylic acids is 1. The molecule has 2 amide bonds. The van der Waals surface area contributed by atoms with Crippen LogP contribution in [-0.2, 0) is 23.7 Å². The topological polar surface area (TPSA) is 114 Å². The summed E-state index contributed by atoms with van der Waals surface area (Å²) in [5, 5.41) is 15.3. The highest BCUT2D eigenvalue weighted by atomic mass is 16.7. The Hall–Kier alpha value is -1.61. The summed E-state index contributed by atoms with van der Waals surface area (Å²) in [6, 6.07) is 0. The maximum atomic E-state index is 13.5. The first kappa shape index (κ1) is 26.6. The summed E-state index contributed by atoms with van der Waals surface area (Å²) >= 11 is 0. The number of rotatable bonds is 7. The van der Waals surface area contributed by atoms with Gasteiger partial charge in [0.25, 0.3) is 0 Å². The van der Waals surface area contributed by atoms with Gasteiger partial charge in [0.2, 0.25) is 11.8 Å². The van der Waals surface area contributed by atoms with Crippen LogP contribution in [-0.4, -0.2) is 52.3 Å². The molecule has 1 heterocycles. The number of aliphatic carboxylic acids is 1. The molecule has 2 aliphatic rings. The molecule has 0 aromatic heterocycles. The zero-order valence-electron chi connectivity index (χ0n) is 21.0. The van der Waals surface area contributed by atoms with Crippen LogP contribution in [0.5, 0.6) is 0 Å². The molecule has 3 atom stereocenters. The largest absolute Gasteiger partial charge is 0.481 e. The van der Waals surface area contributed by atoms with Crippen molar-refractivity contribution in [3.63, 3.8) is 0 Å². The molecule has 0 unspecified atom stereocenters. The van der Waals surface area contributed by atoms with E-state index < -0.39 is 34.2 Å². The maximum Gasteiger partial charge on any atom is 0.457 e. The number of carbonyl (C=O) groups is 3. The number of carbonyl (C=O) groups excluding carboxylic acids is 2. The fraction of sp³-hybridized carbons (Fsp3) is 0.870. The fourth-order valence-corrected chi connectivity index (χ4v) is 4.85. The van der Waals surface area contributed by atoms with E-state index in [1.165, 1.54) is 6.92 Å². The summed E-state index contributed by atoms with van der Waals surface area (Å²) in [7, 11) is -0.324. The summed E-state index contributed by atoms with van der Waals surface area (Å²) in [6.07, 6.45) is 3.02. The smallest absolute Gasteiger partial charge is 0.457 e. The zero-order chi connectivity index (χ0) is 24.5. The molecule has 0 radical (unpaired) electrons. The average molecular weight is 452 g/mol. The molecule has 8 nitrogen and oxygen atoms in total. The van der Waals surface area contributed by atoms with E-state index in [0.717, 1.165) is 12.8 Å². The molecule has 0 aromatic rings. The third-order valence-corrected chi connectivity index (χ3v) is 7.06. The zero-order valence-corrected chi connectivity index (χ0v) is 21.0. The van der Waals surface area contributed by atoms with Gasteiger partial charge in [-0.1, -0.05) is 6.42 Å². The van der Waals surface area contributed by atoms with Gasteiger partial charge in [0.05, 0.1) is 17.6 Å². The molecule has 1 aliphatic carbocycles. The molecule has 32 heavy (non-hydrogen) atoms. The highest BCUT2D eigenvalue weighted by Gasteiger charge is 2.53. The van der Waals surface area contributed by atoms with Gasteiger partial charge in [-0.25, -0.2) is 0 Å². The minimum absolute atomic E-state index is 0.136. The van der Waals surface area contributed by atoms with Crippen LogP contribution in [0.15, 0.2) is 0 Å². The van der Waals surface area contributed by atoms with E-state index >= 15 is 0 Å². The standard InChI is InChI=1S/C23H41BN2O6/c1-15(27)25-23(19(30)26-20(2,3)4)14-16(9-10-17(23)13-18(28)29)11-12-24-31-21(5,6)22(7,8)32-24/h16-17H,9-14H2,1-8H3,(H,25,27)(H,26,30)(H,28,29)/t16-,17+,23+/m0/s1. The summed E-state index contributed by atoms with van der Waals surface area (Å²) in [6.45, 7) is 15.1. The van der Waals surface area contributed by atoms with Gasteiger partial charge in [-0.3, -0.25) is 14.4 Å². The normalized spacial score (nSPS) is 29.4. The van der Waals surface area contributed by atoms with Crippen molar-refractivity contribution in [2.75, 3.05) is 0 Å². The predicted octanol–water partition coefficient (Wildman–Crippen LogP) is 3.15. The fourth-order valence-electron chi connectivity index (χ4n) is 4.85. The van der Waals surface area contributed by atoms with Crippen molar-refractivity contribution in [3.8, 4) is 0 Å². The Balaban J connectivity index is 2.22. The second-order valence-corrected chi connectivity index (χ2v) is 11.6. The van der Waals surface area contributed by atoms with E-state index in [-0.39, 0.29) is 31.3 Å². The first-order valence-corrected chi connectivity index (χ1v) is 11.7.